The average Bonchev–Trinajstić information content (AvgIpc) is 3.24. The van der Waals surface area contributed by atoms with Crippen LogP contribution in [0.4, 0.5) is 4.39 Å². The molecule has 2 heterocycles. The van der Waals surface area contributed by atoms with Gasteiger partial charge in [-0.1, -0.05) is 11.6 Å². The van der Waals surface area contributed by atoms with Gasteiger partial charge < -0.3 is 9.47 Å². The molecule has 1 atom stereocenters. The lowest BCUT2D eigenvalue weighted by molar-refractivity contribution is 0.258. The molecule has 130 valence electrons. The lowest BCUT2D eigenvalue weighted by atomic mass is 10.1. The van der Waals surface area contributed by atoms with Crippen molar-refractivity contribution in [2.24, 2.45) is 0 Å². The maximum absolute atomic E-state index is 13.3. The molecule has 2 aromatic carbocycles. The summed E-state index contributed by atoms with van der Waals surface area (Å²) in [5.74, 6) is -0.217. The van der Waals surface area contributed by atoms with E-state index in [1.54, 1.807) is 0 Å². The van der Waals surface area contributed by atoms with Gasteiger partial charge in [-0.25, -0.2) is 4.39 Å². The molecule has 0 aliphatic carbocycles. The Bertz CT molecular complexity index is 879. The summed E-state index contributed by atoms with van der Waals surface area (Å²) < 4.78 is 15.4. The van der Waals surface area contributed by atoms with Gasteiger partial charge in [-0.05, 0) is 87.3 Å². The molecular formula is C21H22ClFN2. The minimum atomic E-state index is -0.217. The smallest absolute Gasteiger partial charge is 0.123 e. The van der Waals surface area contributed by atoms with Crippen LogP contribution < -0.4 is 0 Å². The van der Waals surface area contributed by atoms with Gasteiger partial charge in [-0.3, -0.25) is 0 Å². The van der Waals surface area contributed by atoms with Crippen LogP contribution in [-0.4, -0.2) is 28.6 Å². The summed E-state index contributed by atoms with van der Waals surface area (Å²) in [5.41, 5.74) is 3.37. The minimum absolute atomic E-state index is 0.217. The first-order chi connectivity index (χ1) is 12.1. The summed E-state index contributed by atoms with van der Waals surface area (Å²) in [7, 11) is 0. The monoisotopic (exact) mass is 356 g/mol. The summed E-state index contributed by atoms with van der Waals surface area (Å²) in [6.07, 6.45) is 5.77. The fraction of sp³-hybridized carbons (Fsp3) is 0.333. The molecule has 0 amide bonds. The number of aromatic nitrogens is 1. The summed E-state index contributed by atoms with van der Waals surface area (Å²) in [4.78, 5) is 2.56. The third-order valence-corrected chi connectivity index (χ3v) is 5.47. The number of likely N-dealkylation sites (tertiary alicyclic amines) is 1. The fourth-order valence-corrected chi connectivity index (χ4v) is 4.05. The van der Waals surface area contributed by atoms with Crippen molar-refractivity contribution < 1.29 is 4.39 Å². The normalized spacial score (nSPS) is 16.6. The third kappa shape index (κ3) is 3.31. The first-order valence-electron chi connectivity index (χ1n) is 8.91. The van der Waals surface area contributed by atoms with E-state index in [4.69, 9.17) is 11.6 Å². The molecule has 1 aromatic heterocycles. The molecule has 1 unspecified atom stereocenters. The number of benzene rings is 2. The van der Waals surface area contributed by atoms with Gasteiger partial charge >= 0.3 is 0 Å². The highest BCUT2D eigenvalue weighted by molar-refractivity contribution is 6.31. The summed E-state index contributed by atoms with van der Waals surface area (Å²) in [5, 5.41) is 1.93. The van der Waals surface area contributed by atoms with Gasteiger partial charge in [0.2, 0.25) is 0 Å². The van der Waals surface area contributed by atoms with Crippen LogP contribution in [0.15, 0.2) is 48.7 Å². The topological polar surface area (TPSA) is 8.17 Å². The predicted molar refractivity (Wildman–Crippen MR) is 102 cm³/mol. The average molecular weight is 357 g/mol. The Hall–Kier alpha value is -1.84. The summed E-state index contributed by atoms with van der Waals surface area (Å²) in [6.45, 7) is 4.69. The van der Waals surface area contributed by atoms with Gasteiger partial charge in [0, 0.05) is 28.3 Å². The molecule has 4 heteroatoms. The van der Waals surface area contributed by atoms with Crippen LogP contribution in [0.25, 0.3) is 16.6 Å². The Kier molecular flexibility index (Phi) is 4.53. The molecule has 1 saturated heterocycles. The molecule has 1 aliphatic rings. The van der Waals surface area contributed by atoms with Crippen molar-refractivity contribution in [3.8, 4) is 5.69 Å². The Labute approximate surface area is 152 Å². The van der Waals surface area contributed by atoms with Crippen molar-refractivity contribution in [3.63, 3.8) is 0 Å². The fourth-order valence-electron chi connectivity index (χ4n) is 3.88. The van der Waals surface area contributed by atoms with Crippen molar-refractivity contribution >= 4 is 22.5 Å². The molecule has 0 spiro atoms. The van der Waals surface area contributed by atoms with E-state index in [0.717, 1.165) is 22.6 Å². The second kappa shape index (κ2) is 6.81. The minimum Gasteiger partial charge on any atom is -0.316 e. The summed E-state index contributed by atoms with van der Waals surface area (Å²) in [6, 6.07) is 13.2. The Morgan fingerprint density at radius 2 is 1.80 bits per heavy atom. The van der Waals surface area contributed by atoms with Crippen molar-refractivity contribution in [2.45, 2.75) is 32.2 Å². The lowest BCUT2D eigenvalue weighted by Gasteiger charge is -2.23. The Balaban J connectivity index is 1.75. The largest absolute Gasteiger partial charge is 0.316 e. The van der Waals surface area contributed by atoms with Gasteiger partial charge in [0.15, 0.2) is 0 Å². The zero-order chi connectivity index (χ0) is 17.4. The standard InChI is InChI=1S/C21H22ClFN2/c1-15(24-10-2-3-11-24)12-16-14-25(19-7-5-18(23)6-8-19)21-9-4-17(22)13-20(16)21/h4-9,13-15H,2-3,10-12H2,1H3. The van der Waals surface area contributed by atoms with Gasteiger partial charge in [0.05, 0.1) is 5.52 Å². The molecule has 3 aromatic rings. The van der Waals surface area contributed by atoms with E-state index in [1.807, 2.05) is 30.3 Å². The summed E-state index contributed by atoms with van der Waals surface area (Å²) >= 11 is 6.26. The molecule has 1 aliphatic heterocycles. The van der Waals surface area contributed by atoms with E-state index in [9.17, 15) is 4.39 Å². The number of hydrogen-bond acceptors (Lipinski definition) is 1. The van der Waals surface area contributed by atoms with E-state index in [-0.39, 0.29) is 5.82 Å². The molecular weight excluding hydrogens is 335 g/mol. The molecule has 0 radical (unpaired) electrons. The van der Waals surface area contributed by atoms with E-state index in [0.29, 0.717) is 6.04 Å². The van der Waals surface area contributed by atoms with E-state index >= 15 is 0 Å². The number of nitrogens with zero attached hydrogens (tertiary/aromatic N) is 2. The van der Waals surface area contributed by atoms with Gasteiger partial charge in [-0.2, -0.15) is 0 Å². The van der Waals surface area contributed by atoms with Gasteiger partial charge in [0.25, 0.3) is 0 Å². The second-order valence-electron chi connectivity index (χ2n) is 6.96. The van der Waals surface area contributed by atoms with E-state index in [1.165, 1.54) is 49.0 Å². The number of rotatable bonds is 4. The maximum Gasteiger partial charge on any atom is 0.123 e. The van der Waals surface area contributed by atoms with E-state index < -0.39 is 0 Å². The second-order valence-corrected chi connectivity index (χ2v) is 7.39. The molecule has 25 heavy (non-hydrogen) atoms. The Morgan fingerprint density at radius 1 is 1.08 bits per heavy atom. The van der Waals surface area contributed by atoms with Crippen LogP contribution in [0.2, 0.25) is 5.02 Å². The van der Waals surface area contributed by atoms with Crippen molar-refractivity contribution in [2.75, 3.05) is 13.1 Å². The predicted octanol–water partition coefficient (Wildman–Crippen LogP) is 5.45. The van der Waals surface area contributed by atoms with Crippen LogP contribution in [0.5, 0.6) is 0 Å². The maximum atomic E-state index is 13.3. The Morgan fingerprint density at radius 3 is 2.52 bits per heavy atom. The molecule has 0 saturated carbocycles. The van der Waals surface area contributed by atoms with Crippen LogP contribution in [0, 0.1) is 5.82 Å². The van der Waals surface area contributed by atoms with Crippen molar-refractivity contribution in [1.82, 2.24) is 9.47 Å². The highest BCUT2D eigenvalue weighted by Crippen LogP contribution is 2.29. The first kappa shape index (κ1) is 16.6. The zero-order valence-electron chi connectivity index (χ0n) is 14.4. The van der Waals surface area contributed by atoms with Crippen LogP contribution >= 0.6 is 11.6 Å². The highest BCUT2D eigenvalue weighted by Gasteiger charge is 2.20. The number of fused-ring (bicyclic) bond motifs is 1. The lowest BCUT2D eigenvalue weighted by Crippen LogP contribution is -2.31. The van der Waals surface area contributed by atoms with E-state index in [2.05, 4.69) is 22.6 Å². The highest BCUT2D eigenvalue weighted by atomic mass is 35.5. The molecule has 0 N–H and O–H groups in total. The first-order valence-corrected chi connectivity index (χ1v) is 9.29. The van der Waals surface area contributed by atoms with Gasteiger partial charge in [-0.15, -0.1) is 0 Å². The molecule has 2 nitrogen and oxygen atoms in total. The number of hydrogen-bond donors (Lipinski definition) is 0. The quantitative estimate of drug-likeness (QED) is 0.603. The van der Waals surface area contributed by atoms with Crippen molar-refractivity contribution in [1.29, 1.82) is 0 Å². The SMILES string of the molecule is CC(Cc1cn(-c2ccc(F)cc2)c2ccc(Cl)cc12)N1CCCC1. The van der Waals surface area contributed by atoms with Crippen LogP contribution in [0.1, 0.15) is 25.3 Å². The molecule has 4 rings (SSSR count). The molecule has 1 fully saturated rings. The van der Waals surface area contributed by atoms with Crippen LogP contribution in [-0.2, 0) is 6.42 Å². The van der Waals surface area contributed by atoms with Gasteiger partial charge in [0.1, 0.15) is 5.82 Å². The molecule has 0 bridgehead atoms. The zero-order valence-corrected chi connectivity index (χ0v) is 15.1. The number of halogens is 2. The van der Waals surface area contributed by atoms with Crippen molar-refractivity contribution in [3.05, 3.63) is 65.1 Å². The van der Waals surface area contributed by atoms with Crippen LogP contribution in [0.3, 0.4) is 0 Å². The third-order valence-electron chi connectivity index (χ3n) is 5.23.